The highest BCUT2D eigenvalue weighted by atomic mass is 16.3. The molecule has 4 heteroatoms. The number of aliphatic hydroxyl groups is 1. The SMILES string of the molecule is CC(CO)CCCNC(=O)C1CCCNC1. The molecule has 0 aromatic carbocycles. The number of aliphatic hydroxyl groups excluding tert-OH is 1. The van der Waals surface area contributed by atoms with Gasteiger partial charge in [0.05, 0.1) is 5.92 Å². The summed E-state index contributed by atoms with van der Waals surface area (Å²) in [5.74, 6) is 0.682. The van der Waals surface area contributed by atoms with Crippen LogP contribution in [0.4, 0.5) is 0 Å². The molecule has 0 radical (unpaired) electrons. The molecule has 0 aromatic heterocycles. The lowest BCUT2D eigenvalue weighted by molar-refractivity contribution is -0.125. The standard InChI is InChI=1S/C12H24N2O2/c1-10(9-15)4-2-7-14-12(16)11-5-3-6-13-8-11/h10-11,13,15H,2-9H2,1H3,(H,14,16). The Balaban J connectivity index is 2.05. The number of hydrogen-bond donors (Lipinski definition) is 3. The van der Waals surface area contributed by atoms with Gasteiger partial charge >= 0.3 is 0 Å². The summed E-state index contributed by atoms with van der Waals surface area (Å²) in [4.78, 5) is 11.7. The van der Waals surface area contributed by atoms with E-state index in [0.29, 0.717) is 5.92 Å². The van der Waals surface area contributed by atoms with Crippen LogP contribution < -0.4 is 10.6 Å². The van der Waals surface area contributed by atoms with Crippen LogP contribution in [0.3, 0.4) is 0 Å². The molecule has 94 valence electrons. The van der Waals surface area contributed by atoms with E-state index in [4.69, 9.17) is 5.11 Å². The average Bonchev–Trinajstić information content (AvgIpc) is 2.35. The van der Waals surface area contributed by atoms with Crippen molar-refractivity contribution in [3.8, 4) is 0 Å². The molecule has 16 heavy (non-hydrogen) atoms. The molecule has 0 spiro atoms. The van der Waals surface area contributed by atoms with E-state index in [2.05, 4.69) is 10.6 Å². The van der Waals surface area contributed by atoms with Crippen molar-refractivity contribution in [1.29, 1.82) is 0 Å². The van der Waals surface area contributed by atoms with E-state index in [1.165, 1.54) is 0 Å². The summed E-state index contributed by atoms with van der Waals surface area (Å²) in [5.41, 5.74) is 0. The van der Waals surface area contributed by atoms with Crippen molar-refractivity contribution in [3.63, 3.8) is 0 Å². The zero-order valence-corrected chi connectivity index (χ0v) is 10.2. The van der Waals surface area contributed by atoms with E-state index in [0.717, 1.165) is 45.3 Å². The molecule has 1 aliphatic heterocycles. The molecule has 0 aromatic rings. The first kappa shape index (κ1) is 13.5. The maximum absolute atomic E-state index is 11.7. The minimum Gasteiger partial charge on any atom is -0.396 e. The van der Waals surface area contributed by atoms with Crippen LogP contribution in [0.15, 0.2) is 0 Å². The first-order valence-electron chi connectivity index (χ1n) is 6.33. The second-order valence-corrected chi connectivity index (χ2v) is 4.76. The van der Waals surface area contributed by atoms with E-state index in [1.54, 1.807) is 0 Å². The van der Waals surface area contributed by atoms with Crippen molar-refractivity contribution in [3.05, 3.63) is 0 Å². The Hall–Kier alpha value is -0.610. The number of hydrogen-bond acceptors (Lipinski definition) is 3. The van der Waals surface area contributed by atoms with E-state index >= 15 is 0 Å². The van der Waals surface area contributed by atoms with Crippen LogP contribution in [0.25, 0.3) is 0 Å². The van der Waals surface area contributed by atoms with Crippen molar-refractivity contribution in [2.24, 2.45) is 11.8 Å². The zero-order valence-electron chi connectivity index (χ0n) is 10.2. The predicted molar refractivity (Wildman–Crippen MR) is 64.1 cm³/mol. The van der Waals surface area contributed by atoms with Gasteiger partial charge in [0.1, 0.15) is 0 Å². The van der Waals surface area contributed by atoms with E-state index in [9.17, 15) is 4.79 Å². The Kier molecular flexibility index (Phi) is 6.42. The maximum Gasteiger partial charge on any atom is 0.224 e. The van der Waals surface area contributed by atoms with Gasteiger partial charge in [0.2, 0.25) is 5.91 Å². The molecule has 0 bridgehead atoms. The van der Waals surface area contributed by atoms with Gasteiger partial charge in [0, 0.05) is 19.7 Å². The first-order chi connectivity index (χ1) is 7.74. The Morgan fingerprint density at radius 3 is 3.06 bits per heavy atom. The highest BCUT2D eigenvalue weighted by Gasteiger charge is 2.19. The van der Waals surface area contributed by atoms with Crippen molar-refractivity contribution in [1.82, 2.24) is 10.6 Å². The molecule has 4 nitrogen and oxygen atoms in total. The third-order valence-electron chi connectivity index (χ3n) is 3.15. The van der Waals surface area contributed by atoms with E-state index in [-0.39, 0.29) is 18.4 Å². The topological polar surface area (TPSA) is 61.4 Å². The fourth-order valence-electron chi connectivity index (χ4n) is 1.97. The van der Waals surface area contributed by atoms with Gasteiger partial charge in [-0.1, -0.05) is 6.92 Å². The van der Waals surface area contributed by atoms with Gasteiger partial charge < -0.3 is 15.7 Å². The first-order valence-corrected chi connectivity index (χ1v) is 6.33. The molecule has 1 aliphatic rings. The number of carbonyl (C=O) groups is 1. The summed E-state index contributed by atoms with van der Waals surface area (Å²) in [6, 6.07) is 0. The van der Waals surface area contributed by atoms with Gasteiger partial charge in [0.15, 0.2) is 0 Å². The van der Waals surface area contributed by atoms with Crippen LogP contribution in [0.1, 0.15) is 32.6 Å². The van der Waals surface area contributed by atoms with Crippen LogP contribution >= 0.6 is 0 Å². The van der Waals surface area contributed by atoms with Gasteiger partial charge in [-0.15, -0.1) is 0 Å². The van der Waals surface area contributed by atoms with Crippen LogP contribution in [0.5, 0.6) is 0 Å². The Morgan fingerprint density at radius 2 is 2.44 bits per heavy atom. The van der Waals surface area contributed by atoms with Crippen LogP contribution in [-0.2, 0) is 4.79 Å². The Morgan fingerprint density at radius 1 is 1.62 bits per heavy atom. The Labute approximate surface area is 97.8 Å². The monoisotopic (exact) mass is 228 g/mol. The number of amides is 1. The number of piperidine rings is 1. The maximum atomic E-state index is 11.7. The van der Waals surface area contributed by atoms with Gasteiger partial charge in [-0.2, -0.15) is 0 Å². The molecule has 3 N–H and O–H groups in total. The number of rotatable bonds is 6. The lowest BCUT2D eigenvalue weighted by Crippen LogP contribution is -2.40. The van der Waals surface area contributed by atoms with E-state index < -0.39 is 0 Å². The molecular formula is C12H24N2O2. The molecule has 0 saturated carbocycles. The molecule has 2 atom stereocenters. The highest BCUT2D eigenvalue weighted by molar-refractivity contribution is 5.78. The zero-order chi connectivity index (χ0) is 11.8. The van der Waals surface area contributed by atoms with Gasteiger partial charge in [-0.3, -0.25) is 4.79 Å². The average molecular weight is 228 g/mol. The largest absolute Gasteiger partial charge is 0.396 e. The van der Waals surface area contributed by atoms with Crippen LogP contribution in [-0.4, -0.2) is 37.3 Å². The number of nitrogens with one attached hydrogen (secondary N) is 2. The molecule has 1 rings (SSSR count). The molecule has 0 aliphatic carbocycles. The van der Waals surface area contributed by atoms with Crippen molar-refractivity contribution < 1.29 is 9.90 Å². The minimum atomic E-state index is 0.156. The summed E-state index contributed by atoms with van der Waals surface area (Å²) < 4.78 is 0. The summed E-state index contributed by atoms with van der Waals surface area (Å²) >= 11 is 0. The fraction of sp³-hybridized carbons (Fsp3) is 0.917. The van der Waals surface area contributed by atoms with Gasteiger partial charge in [-0.25, -0.2) is 0 Å². The third-order valence-corrected chi connectivity index (χ3v) is 3.15. The van der Waals surface area contributed by atoms with Gasteiger partial charge in [-0.05, 0) is 38.1 Å². The van der Waals surface area contributed by atoms with Crippen LogP contribution in [0.2, 0.25) is 0 Å². The third kappa shape index (κ3) is 4.94. The predicted octanol–water partition coefficient (Wildman–Crippen LogP) is 0.511. The normalized spacial score (nSPS) is 22.8. The quantitative estimate of drug-likeness (QED) is 0.581. The molecule has 1 heterocycles. The summed E-state index contributed by atoms with van der Waals surface area (Å²) in [5, 5.41) is 15.1. The minimum absolute atomic E-state index is 0.156. The molecule has 2 unspecified atom stereocenters. The van der Waals surface area contributed by atoms with E-state index in [1.807, 2.05) is 6.92 Å². The van der Waals surface area contributed by atoms with Crippen LogP contribution in [0, 0.1) is 11.8 Å². The summed E-state index contributed by atoms with van der Waals surface area (Å²) in [6.45, 7) is 4.85. The second-order valence-electron chi connectivity index (χ2n) is 4.76. The number of carbonyl (C=O) groups excluding carboxylic acids is 1. The lowest BCUT2D eigenvalue weighted by Gasteiger charge is -2.21. The summed E-state index contributed by atoms with van der Waals surface area (Å²) in [7, 11) is 0. The molecule has 1 fully saturated rings. The molecule has 1 saturated heterocycles. The Bertz CT molecular complexity index is 203. The lowest BCUT2D eigenvalue weighted by atomic mass is 9.99. The van der Waals surface area contributed by atoms with Gasteiger partial charge in [0.25, 0.3) is 0 Å². The van der Waals surface area contributed by atoms with Crippen molar-refractivity contribution in [2.45, 2.75) is 32.6 Å². The van der Waals surface area contributed by atoms with Crippen molar-refractivity contribution >= 4 is 5.91 Å². The molecule has 1 amide bonds. The smallest absolute Gasteiger partial charge is 0.224 e. The molecular weight excluding hydrogens is 204 g/mol. The highest BCUT2D eigenvalue weighted by Crippen LogP contribution is 2.09. The summed E-state index contributed by atoms with van der Waals surface area (Å²) in [6.07, 6.45) is 4.03. The second kappa shape index (κ2) is 7.63. The fourth-order valence-corrected chi connectivity index (χ4v) is 1.97. The van der Waals surface area contributed by atoms with Crippen molar-refractivity contribution in [2.75, 3.05) is 26.2 Å².